The molecule has 1 aromatic heterocycles. The molecule has 2 amide bonds. The highest BCUT2D eigenvalue weighted by atomic mass is 16.4. The fraction of sp³-hybridized carbons (Fsp3) is 0.583. The van der Waals surface area contributed by atoms with Gasteiger partial charge in [-0.3, -0.25) is 5.10 Å². The van der Waals surface area contributed by atoms with Gasteiger partial charge in [-0.05, 0) is 32.6 Å². The molecule has 0 bridgehead atoms. The van der Waals surface area contributed by atoms with E-state index in [4.69, 9.17) is 0 Å². The first-order valence-corrected chi connectivity index (χ1v) is 6.24. The number of aromatic nitrogens is 2. The Morgan fingerprint density at radius 3 is 2.74 bits per heavy atom. The summed E-state index contributed by atoms with van der Waals surface area (Å²) in [5.74, 6) is -0.985. The minimum absolute atomic E-state index is 0.0139. The van der Waals surface area contributed by atoms with Gasteiger partial charge in [-0.15, -0.1) is 0 Å². The van der Waals surface area contributed by atoms with Crippen molar-refractivity contribution >= 4 is 12.0 Å². The summed E-state index contributed by atoms with van der Waals surface area (Å²) >= 11 is 0. The lowest BCUT2D eigenvalue weighted by atomic mass is 9.96. The maximum absolute atomic E-state index is 11.9. The fourth-order valence-electron chi connectivity index (χ4n) is 2.04. The van der Waals surface area contributed by atoms with Crippen molar-refractivity contribution in [2.24, 2.45) is 5.92 Å². The number of aromatic amines is 1. The Morgan fingerprint density at radius 2 is 2.26 bits per heavy atom. The zero-order valence-corrected chi connectivity index (χ0v) is 10.9. The first kappa shape index (κ1) is 13.4. The molecule has 7 nitrogen and oxygen atoms in total. The smallest absolute Gasteiger partial charge is 0.329 e. The minimum Gasteiger partial charge on any atom is -0.480 e. The van der Waals surface area contributed by atoms with Crippen LogP contribution in [0.15, 0.2) is 12.4 Å². The highest BCUT2D eigenvalue weighted by molar-refractivity contribution is 5.86. The number of hydrogen-bond acceptors (Lipinski definition) is 3. The van der Waals surface area contributed by atoms with Gasteiger partial charge in [0.15, 0.2) is 0 Å². The summed E-state index contributed by atoms with van der Waals surface area (Å²) in [6.45, 7) is 3.36. The number of carboxylic acid groups (broad SMARTS) is 1. The summed E-state index contributed by atoms with van der Waals surface area (Å²) < 4.78 is 0. The molecule has 0 aromatic carbocycles. The molecule has 0 spiro atoms. The third-order valence-electron chi connectivity index (χ3n) is 3.58. The standard InChI is InChI=1S/C12H18N4O3/c1-7(8-5-13-14-6-8)15-11(19)16-12(2,10(17)18)9-3-4-9/h5-7,9H,3-4H2,1-2H3,(H,13,14)(H,17,18)(H2,15,16,19). The predicted octanol–water partition coefficient (Wildman–Crippen LogP) is 1.02. The number of carboxylic acids is 1. The average molecular weight is 266 g/mol. The van der Waals surface area contributed by atoms with Crippen LogP contribution in [-0.2, 0) is 4.79 Å². The zero-order valence-electron chi connectivity index (χ0n) is 10.9. The van der Waals surface area contributed by atoms with Crippen molar-refractivity contribution in [3.05, 3.63) is 18.0 Å². The van der Waals surface area contributed by atoms with Gasteiger partial charge in [0, 0.05) is 11.8 Å². The van der Waals surface area contributed by atoms with Gasteiger partial charge in [-0.25, -0.2) is 9.59 Å². The Labute approximate surface area is 110 Å². The van der Waals surface area contributed by atoms with Crippen molar-refractivity contribution in [1.82, 2.24) is 20.8 Å². The van der Waals surface area contributed by atoms with Crippen molar-refractivity contribution in [3.8, 4) is 0 Å². The summed E-state index contributed by atoms with van der Waals surface area (Å²) in [7, 11) is 0. The van der Waals surface area contributed by atoms with E-state index in [0.29, 0.717) is 0 Å². The molecule has 0 radical (unpaired) electrons. The monoisotopic (exact) mass is 266 g/mol. The van der Waals surface area contributed by atoms with Gasteiger partial charge in [-0.2, -0.15) is 5.10 Å². The minimum atomic E-state index is -1.19. The predicted molar refractivity (Wildman–Crippen MR) is 67.4 cm³/mol. The first-order chi connectivity index (χ1) is 8.93. The third kappa shape index (κ3) is 2.86. The second kappa shape index (κ2) is 4.91. The number of aliphatic carboxylic acids is 1. The first-order valence-electron chi connectivity index (χ1n) is 6.24. The van der Waals surface area contributed by atoms with Crippen molar-refractivity contribution < 1.29 is 14.7 Å². The van der Waals surface area contributed by atoms with Crippen LogP contribution in [0, 0.1) is 5.92 Å². The van der Waals surface area contributed by atoms with Crippen molar-refractivity contribution in [2.75, 3.05) is 0 Å². The van der Waals surface area contributed by atoms with Crippen LogP contribution in [0.25, 0.3) is 0 Å². The van der Waals surface area contributed by atoms with Gasteiger partial charge in [0.05, 0.1) is 12.2 Å². The lowest BCUT2D eigenvalue weighted by Gasteiger charge is -2.27. The number of urea groups is 1. The molecule has 0 aliphatic heterocycles. The summed E-state index contributed by atoms with van der Waals surface area (Å²) in [6, 6.07) is -0.721. The van der Waals surface area contributed by atoms with E-state index in [2.05, 4.69) is 20.8 Å². The maximum atomic E-state index is 11.9. The SMILES string of the molecule is CC(NC(=O)NC(C)(C(=O)O)C1CC1)c1cn[nH]c1. The van der Waals surface area contributed by atoms with Gasteiger partial charge in [0.1, 0.15) is 5.54 Å². The molecule has 2 rings (SSSR count). The third-order valence-corrected chi connectivity index (χ3v) is 3.58. The van der Waals surface area contributed by atoms with Crippen LogP contribution < -0.4 is 10.6 Å². The summed E-state index contributed by atoms with van der Waals surface area (Å²) in [5, 5.41) is 21.0. The Balaban J connectivity index is 1.95. The van der Waals surface area contributed by atoms with E-state index in [9.17, 15) is 14.7 Å². The molecule has 19 heavy (non-hydrogen) atoms. The molecule has 1 aliphatic carbocycles. The molecular weight excluding hydrogens is 248 g/mol. The number of H-pyrrole nitrogens is 1. The highest BCUT2D eigenvalue weighted by Gasteiger charge is 2.48. The van der Waals surface area contributed by atoms with Crippen LogP contribution in [0.1, 0.15) is 38.3 Å². The molecule has 0 saturated heterocycles. The molecule has 2 atom stereocenters. The largest absolute Gasteiger partial charge is 0.480 e. The van der Waals surface area contributed by atoms with E-state index in [-0.39, 0.29) is 12.0 Å². The molecule has 7 heteroatoms. The molecule has 1 aromatic rings. The summed E-state index contributed by atoms with van der Waals surface area (Å²) in [6.07, 6.45) is 4.96. The van der Waals surface area contributed by atoms with Crippen LogP contribution in [0.5, 0.6) is 0 Å². The second-order valence-electron chi connectivity index (χ2n) is 5.13. The number of carbonyl (C=O) groups excluding carboxylic acids is 1. The lowest BCUT2D eigenvalue weighted by molar-refractivity contribution is -0.144. The zero-order chi connectivity index (χ0) is 14.0. The van der Waals surface area contributed by atoms with Gasteiger partial charge >= 0.3 is 12.0 Å². The van der Waals surface area contributed by atoms with Crippen molar-refractivity contribution in [3.63, 3.8) is 0 Å². The van der Waals surface area contributed by atoms with Crippen LogP contribution in [-0.4, -0.2) is 32.8 Å². The molecule has 1 heterocycles. The van der Waals surface area contributed by atoms with Crippen molar-refractivity contribution in [1.29, 1.82) is 0 Å². The maximum Gasteiger partial charge on any atom is 0.329 e. The number of nitrogens with one attached hydrogen (secondary N) is 3. The number of carbonyl (C=O) groups is 2. The average Bonchev–Trinajstić information content (AvgIpc) is 3.04. The van der Waals surface area contributed by atoms with E-state index >= 15 is 0 Å². The molecule has 1 aliphatic rings. The van der Waals surface area contributed by atoms with Crippen LogP contribution in [0.3, 0.4) is 0 Å². The summed E-state index contributed by atoms with van der Waals surface area (Å²) in [4.78, 5) is 23.2. The number of hydrogen-bond donors (Lipinski definition) is 4. The second-order valence-corrected chi connectivity index (χ2v) is 5.13. The molecule has 2 unspecified atom stereocenters. The van der Waals surface area contributed by atoms with Crippen LogP contribution in [0.2, 0.25) is 0 Å². The number of amides is 2. The fourth-order valence-corrected chi connectivity index (χ4v) is 2.04. The summed E-state index contributed by atoms with van der Waals surface area (Å²) in [5.41, 5.74) is -0.362. The molecule has 4 N–H and O–H groups in total. The molecule has 104 valence electrons. The van der Waals surface area contributed by atoms with Gasteiger partial charge in [0.2, 0.25) is 0 Å². The van der Waals surface area contributed by atoms with E-state index in [1.54, 1.807) is 26.2 Å². The van der Waals surface area contributed by atoms with E-state index < -0.39 is 17.5 Å². The van der Waals surface area contributed by atoms with Gasteiger partial charge < -0.3 is 15.7 Å². The Kier molecular flexibility index (Phi) is 3.46. The normalized spacial score (nSPS) is 19.3. The van der Waals surface area contributed by atoms with Gasteiger partial charge in [-0.1, -0.05) is 0 Å². The molecular formula is C12H18N4O3. The van der Waals surface area contributed by atoms with E-state index in [1.165, 1.54) is 0 Å². The van der Waals surface area contributed by atoms with Crippen LogP contribution >= 0.6 is 0 Å². The quantitative estimate of drug-likeness (QED) is 0.638. The molecule has 1 fully saturated rings. The Hall–Kier alpha value is -2.05. The Morgan fingerprint density at radius 1 is 1.58 bits per heavy atom. The number of nitrogens with zero attached hydrogens (tertiary/aromatic N) is 1. The van der Waals surface area contributed by atoms with E-state index in [0.717, 1.165) is 18.4 Å². The highest BCUT2D eigenvalue weighted by Crippen LogP contribution is 2.39. The molecule has 1 saturated carbocycles. The topological polar surface area (TPSA) is 107 Å². The van der Waals surface area contributed by atoms with E-state index in [1.807, 2.05) is 0 Å². The van der Waals surface area contributed by atoms with Crippen LogP contribution in [0.4, 0.5) is 4.79 Å². The lowest BCUT2D eigenvalue weighted by Crippen LogP contribution is -2.56. The Bertz CT molecular complexity index is 469. The van der Waals surface area contributed by atoms with Gasteiger partial charge in [0.25, 0.3) is 0 Å². The number of rotatable bonds is 5. The van der Waals surface area contributed by atoms with Crippen molar-refractivity contribution in [2.45, 2.75) is 38.3 Å².